The van der Waals surface area contributed by atoms with Crippen LogP contribution >= 0.6 is 0 Å². The molecule has 0 bridgehead atoms. The lowest BCUT2D eigenvalue weighted by Gasteiger charge is -2.36. The standard InChI is InChI=1S/C17H24N4O3/c22-17(13-14-5-7-18-8-6-14)20-11-9-19(10-12-20)15-3-1-2-4-16(15)21(23)24/h1-4,14,18H,5-13H2. The summed E-state index contributed by atoms with van der Waals surface area (Å²) in [6.07, 6.45) is 2.77. The number of anilines is 1. The maximum Gasteiger partial charge on any atom is 0.292 e. The highest BCUT2D eigenvalue weighted by Crippen LogP contribution is 2.28. The minimum absolute atomic E-state index is 0.131. The first-order chi connectivity index (χ1) is 11.6. The number of nitro groups is 1. The molecule has 2 saturated heterocycles. The zero-order valence-corrected chi connectivity index (χ0v) is 13.8. The Morgan fingerprint density at radius 3 is 2.50 bits per heavy atom. The summed E-state index contributed by atoms with van der Waals surface area (Å²) in [5, 5.41) is 14.5. The summed E-state index contributed by atoms with van der Waals surface area (Å²) in [5.41, 5.74) is 0.778. The Labute approximate surface area is 141 Å². The Morgan fingerprint density at radius 1 is 1.17 bits per heavy atom. The van der Waals surface area contributed by atoms with E-state index in [0.717, 1.165) is 25.9 Å². The second-order valence-corrected chi connectivity index (χ2v) is 6.51. The molecule has 2 aliphatic rings. The van der Waals surface area contributed by atoms with Crippen molar-refractivity contribution in [3.8, 4) is 0 Å². The molecule has 0 radical (unpaired) electrons. The lowest BCUT2D eigenvalue weighted by Crippen LogP contribution is -2.49. The van der Waals surface area contributed by atoms with Gasteiger partial charge in [-0.2, -0.15) is 0 Å². The van der Waals surface area contributed by atoms with E-state index in [4.69, 9.17) is 0 Å². The predicted octanol–water partition coefficient (Wildman–Crippen LogP) is 1.63. The highest BCUT2D eigenvalue weighted by Gasteiger charge is 2.27. The second-order valence-electron chi connectivity index (χ2n) is 6.51. The fraction of sp³-hybridized carbons (Fsp3) is 0.588. The summed E-state index contributed by atoms with van der Waals surface area (Å²) in [7, 11) is 0. The summed E-state index contributed by atoms with van der Waals surface area (Å²) in [6.45, 7) is 4.56. The third-order valence-electron chi connectivity index (χ3n) is 4.97. The van der Waals surface area contributed by atoms with Gasteiger partial charge in [-0.25, -0.2) is 0 Å². The molecule has 1 aromatic carbocycles. The SMILES string of the molecule is O=C(CC1CCNCC1)N1CCN(c2ccccc2[N+](=O)[O-])CC1. The highest BCUT2D eigenvalue weighted by atomic mass is 16.6. The average Bonchev–Trinajstić information content (AvgIpc) is 2.62. The van der Waals surface area contributed by atoms with E-state index < -0.39 is 0 Å². The predicted molar refractivity (Wildman–Crippen MR) is 92.1 cm³/mol. The molecule has 2 aliphatic heterocycles. The van der Waals surface area contributed by atoms with Crippen LogP contribution in [0.5, 0.6) is 0 Å². The summed E-state index contributed by atoms with van der Waals surface area (Å²) in [5.74, 6) is 0.719. The van der Waals surface area contributed by atoms with Crippen LogP contribution in [0.3, 0.4) is 0 Å². The number of nitrogens with zero attached hydrogens (tertiary/aromatic N) is 3. The molecule has 1 N–H and O–H groups in total. The molecule has 7 nitrogen and oxygen atoms in total. The molecule has 130 valence electrons. The third-order valence-corrected chi connectivity index (χ3v) is 4.97. The molecule has 2 fully saturated rings. The van der Waals surface area contributed by atoms with E-state index in [1.165, 1.54) is 6.07 Å². The van der Waals surface area contributed by atoms with Crippen LogP contribution in [0, 0.1) is 16.0 Å². The molecule has 2 heterocycles. The van der Waals surface area contributed by atoms with Gasteiger partial charge >= 0.3 is 0 Å². The van der Waals surface area contributed by atoms with Crippen molar-refractivity contribution >= 4 is 17.3 Å². The van der Waals surface area contributed by atoms with Gasteiger partial charge in [-0.3, -0.25) is 14.9 Å². The fourth-order valence-corrected chi connectivity index (χ4v) is 3.54. The van der Waals surface area contributed by atoms with Gasteiger partial charge in [0.1, 0.15) is 5.69 Å². The molecule has 0 atom stereocenters. The van der Waals surface area contributed by atoms with Crippen molar-refractivity contribution in [2.24, 2.45) is 5.92 Å². The number of amides is 1. The molecule has 1 amide bonds. The summed E-state index contributed by atoms with van der Waals surface area (Å²) >= 11 is 0. The summed E-state index contributed by atoms with van der Waals surface area (Å²) in [4.78, 5) is 27.2. The van der Waals surface area contributed by atoms with Crippen LogP contribution in [0.4, 0.5) is 11.4 Å². The van der Waals surface area contributed by atoms with Crippen molar-refractivity contribution in [2.45, 2.75) is 19.3 Å². The van der Waals surface area contributed by atoms with E-state index in [2.05, 4.69) is 5.32 Å². The number of nitrogens with one attached hydrogen (secondary N) is 1. The molecular weight excluding hydrogens is 308 g/mol. The van der Waals surface area contributed by atoms with Crippen molar-refractivity contribution in [1.82, 2.24) is 10.2 Å². The van der Waals surface area contributed by atoms with Gasteiger partial charge in [0, 0.05) is 38.7 Å². The summed E-state index contributed by atoms with van der Waals surface area (Å²) in [6, 6.07) is 6.81. The number of hydrogen-bond acceptors (Lipinski definition) is 5. The van der Waals surface area contributed by atoms with Crippen molar-refractivity contribution in [3.63, 3.8) is 0 Å². The minimum Gasteiger partial charge on any atom is -0.362 e. The Morgan fingerprint density at radius 2 is 1.83 bits per heavy atom. The molecule has 7 heteroatoms. The average molecular weight is 332 g/mol. The number of hydrogen-bond donors (Lipinski definition) is 1. The van der Waals surface area contributed by atoms with E-state index in [1.54, 1.807) is 12.1 Å². The Hall–Kier alpha value is -2.15. The van der Waals surface area contributed by atoms with Crippen molar-refractivity contribution < 1.29 is 9.72 Å². The maximum atomic E-state index is 12.5. The van der Waals surface area contributed by atoms with Crippen LogP contribution < -0.4 is 10.2 Å². The number of para-hydroxylation sites is 2. The van der Waals surface area contributed by atoms with Gasteiger partial charge in [-0.15, -0.1) is 0 Å². The van der Waals surface area contributed by atoms with Crippen LogP contribution in [0.2, 0.25) is 0 Å². The first-order valence-electron chi connectivity index (χ1n) is 8.62. The number of rotatable bonds is 4. The molecule has 0 aromatic heterocycles. The molecule has 24 heavy (non-hydrogen) atoms. The van der Waals surface area contributed by atoms with E-state index in [0.29, 0.717) is 44.2 Å². The molecular formula is C17H24N4O3. The van der Waals surface area contributed by atoms with Crippen molar-refractivity contribution in [3.05, 3.63) is 34.4 Å². The van der Waals surface area contributed by atoms with Crippen LogP contribution in [0.15, 0.2) is 24.3 Å². The van der Waals surface area contributed by atoms with Crippen LogP contribution in [0.25, 0.3) is 0 Å². The zero-order valence-electron chi connectivity index (χ0n) is 13.8. The molecule has 0 unspecified atom stereocenters. The fourth-order valence-electron chi connectivity index (χ4n) is 3.54. The quantitative estimate of drug-likeness (QED) is 0.670. The molecule has 0 spiro atoms. The van der Waals surface area contributed by atoms with Gasteiger partial charge < -0.3 is 15.1 Å². The van der Waals surface area contributed by atoms with Gasteiger partial charge in [0.05, 0.1) is 4.92 Å². The second kappa shape index (κ2) is 7.61. The highest BCUT2D eigenvalue weighted by molar-refractivity contribution is 5.77. The number of piperazine rings is 1. The number of carbonyl (C=O) groups is 1. The largest absolute Gasteiger partial charge is 0.362 e. The molecule has 0 aliphatic carbocycles. The topological polar surface area (TPSA) is 78.7 Å². The van der Waals surface area contributed by atoms with Crippen LogP contribution in [-0.4, -0.2) is 55.0 Å². The first-order valence-corrected chi connectivity index (χ1v) is 8.62. The Balaban J connectivity index is 1.56. The van der Waals surface area contributed by atoms with Crippen molar-refractivity contribution in [2.75, 3.05) is 44.2 Å². The smallest absolute Gasteiger partial charge is 0.292 e. The molecule has 3 rings (SSSR count). The van der Waals surface area contributed by atoms with E-state index in [9.17, 15) is 14.9 Å². The number of benzene rings is 1. The Kier molecular flexibility index (Phi) is 5.30. The maximum absolute atomic E-state index is 12.5. The van der Waals surface area contributed by atoms with Gasteiger partial charge in [-0.1, -0.05) is 12.1 Å². The zero-order chi connectivity index (χ0) is 16.9. The van der Waals surface area contributed by atoms with Crippen LogP contribution in [0.1, 0.15) is 19.3 Å². The van der Waals surface area contributed by atoms with Crippen molar-refractivity contribution in [1.29, 1.82) is 0 Å². The van der Waals surface area contributed by atoms with E-state index in [1.807, 2.05) is 15.9 Å². The van der Waals surface area contributed by atoms with E-state index in [-0.39, 0.29) is 16.5 Å². The van der Waals surface area contributed by atoms with Gasteiger partial charge in [0.25, 0.3) is 5.69 Å². The van der Waals surface area contributed by atoms with Gasteiger partial charge in [0.2, 0.25) is 5.91 Å². The van der Waals surface area contributed by atoms with E-state index >= 15 is 0 Å². The van der Waals surface area contributed by atoms with Gasteiger partial charge in [0.15, 0.2) is 0 Å². The Bertz CT molecular complexity index is 593. The minimum atomic E-state index is -0.343. The monoisotopic (exact) mass is 332 g/mol. The van der Waals surface area contributed by atoms with Crippen LogP contribution in [-0.2, 0) is 4.79 Å². The lowest BCUT2D eigenvalue weighted by molar-refractivity contribution is -0.384. The number of piperidine rings is 1. The number of carbonyl (C=O) groups excluding carboxylic acids is 1. The lowest BCUT2D eigenvalue weighted by atomic mass is 9.94. The summed E-state index contributed by atoms with van der Waals surface area (Å²) < 4.78 is 0. The molecule has 1 aromatic rings. The third kappa shape index (κ3) is 3.84. The van der Waals surface area contributed by atoms with Gasteiger partial charge in [-0.05, 0) is 37.9 Å². The first kappa shape index (κ1) is 16.7. The molecule has 0 saturated carbocycles. The number of nitro benzene ring substituents is 1. The normalized spacial score (nSPS) is 19.3.